The SMILES string of the molecule is COC(=O)CCC(=O)N1CCc2c(cn(-c3ccc(F)cc3)c(=O)c2C(=O)N(C)C)C1. The van der Waals surface area contributed by atoms with E-state index in [9.17, 15) is 23.6 Å². The second-order valence-corrected chi connectivity index (χ2v) is 7.50. The Morgan fingerprint density at radius 2 is 1.81 bits per heavy atom. The van der Waals surface area contributed by atoms with Gasteiger partial charge in [-0.05, 0) is 41.8 Å². The Morgan fingerprint density at radius 1 is 1.13 bits per heavy atom. The van der Waals surface area contributed by atoms with Crippen LogP contribution in [-0.4, -0.2) is 59.9 Å². The largest absolute Gasteiger partial charge is 0.469 e. The molecule has 0 N–H and O–H groups in total. The highest BCUT2D eigenvalue weighted by Gasteiger charge is 2.29. The van der Waals surface area contributed by atoms with Crippen LogP contribution >= 0.6 is 0 Å². The number of fused-ring (bicyclic) bond motifs is 1. The zero-order valence-corrected chi connectivity index (χ0v) is 17.7. The molecule has 0 saturated carbocycles. The molecule has 2 amide bonds. The van der Waals surface area contributed by atoms with Crippen molar-refractivity contribution in [2.45, 2.75) is 25.8 Å². The fraction of sp³-hybridized carbons (Fsp3) is 0.364. The van der Waals surface area contributed by atoms with E-state index < -0.39 is 23.3 Å². The average molecular weight is 429 g/mol. The van der Waals surface area contributed by atoms with Crippen molar-refractivity contribution < 1.29 is 23.5 Å². The van der Waals surface area contributed by atoms with Gasteiger partial charge in [-0.25, -0.2) is 4.39 Å². The number of carbonyl (C=O) groups excluding carboxylic acids is 3. The molecule has 0 unspecified atom stereocenters. The molecule has 1 aromatic heterocycles. The normalized spacial score (nSPS) is 12.8. The van der Waals surface area contributed by atoms with Crippen molar-refractivity contribution in [3.05, 3.63) is 63.3 Å². The van der Waals surface area contributed by atoms with E-state index >= 15 is 0 Å². The number of rotatable bonds is 5. The molecular formula is C22H24FN3O5. The Morgan fingerprint density at radius 3 is 2.42 bits per heavy atom. The number of benzene rings is 1. The topological polar surface area (TPSA) is 88.9 Å². The predicted octanol–water partition coefficient (Wildman–Crippen LogP) is 1.52. The summed E-state index contributed by atoms with van der Waals surface area (Å²) in [5, 5.41) is 0. The van der Waals surface area contributed by atoms with Crippen LogP contribution in [0.15, 0.2) is 35.3 Å². The van der Waals surface area contributed by atoms with Crippen LogP contribution in [0, 0.1) is 5.82 Å². The molecule has 164 valence electrons. The molecule has 31 heavy (non-hydrogen) atoms. The van der Waals surface area contributed by atoms with Crippen LogP contribution in [0.1, 0.15) is 34.3 Å². The van der Waals surface area contributed by atoms with Crippen LogP contribution in [0.3, 0.4) is 0 Å². The number of amides is 2. The third-order valence-corrected chi connectivity index (χ3v) is 5.25. The van der Waals surface area contributed by atoms with Crippen LogP contribution in [-0.2, 0) is 27.3 Å². The van der Waals surface area contributed by atoms with Gasteiger partial charge < -0.3 is 14.5 Å². The number of aromatic nitrogens is 1. The van der Waals surface area contributed by atoms with Gasteiger partial charge in [0.1, 0.15) is 11.4 Å². The first-order valence-corrected chi connectivity index (χ1v) is 9.82. The zero-order chi connectivity index (χ0) is 22.7. The Kier molecular flexibility index (Phi) is 6.53. The number of carbonyl (C=O) groups is 3. The molecule has 0 radical (unpaired) electrons. The molecule has 1 aromatic carbocycles. The van der Waals surface area contributed by atoms with E-state index in [1.807, 2.05) is 0 Å². The van der Waals surface area contributed by atoms with Crippen molar-refractivity contribution >= 4 is 17.8 Å². The fourth-order valence-corrected chi connectivity index (χ4v) is 3.58. The molecule has 1 aliphatic rings. The number of esters is 1. The first-order chi connectivity index (χ1) is 14.7. The number of ether oxygens (including phenoxy) is 1. The quantitative estimate of drug-likeness (QED) is 0.673. The molecule has 2 heterocycles. The first kappa shape index (κ1) is 22.2. The summed E-state index contributed by atoms with van der Waals surface area (Å²) in [4.78, 5) is 52.8. The maximum Gasteiger partial charge on any atom is 0.306 e. The highest BCUT2D eigenvalue weighted by molar-refractivity contribution is 5.95. The zero-order valence-electron chi connectivity index (χ0n) is 17.7. The summed E-state index contributed by atoms with van der Waals surface area (Å²) in [6.45, 7) is 0.533. The molecule has 1 aliphatic heterocycles. The van der Waals surface area contributed by atoms with Gasteiger partial charge in [0.15, 0.2) is 0 Å². The van der Waals surface area contributed by atoms with E-state index in [1.165, 1.54) is 40.8 Å². The Labute approximate surface area is 178 Å². The van der Waals surface area contributed by atoms with E-state index in [-0.39, 0.29) is 30.9 Å². The summed E-state index contributed by atoms with van der Waals surface area (Å²) >= 11 is 0. The number of hydrogen-bond acceptors (Lipinski definition) is 5. The van der Waals surface area contributed by atoms with E-state index in [0.29, 0.717) is 29.8 Å². The molecule has 0 fully saturated rings. The van der Waals surface area contributed by atoms with Gasteiger partial charge in [0, 0.05) is 45.5 Å². The van der Waals surface area contributed by atoms with Crippen LogP contribution in [0.2, 0.25) is 0 Å². The van der Waals surface area contributed by atoms with Crippen molar-refractivity contribution in [1.29, 1.82) is 0 Å². The lowest BCUT2D eigenvalue weighted by Gasteiger charge is -2.31. The number of methoxy groups -OCH3 is 1. The molecule has 8 nitrogen and oxygen atoms in total. The van der Waals surface area contributed by atoms with Crippen molar-refractivity contribution in [1.82, 2.24) is 14.4 Å². The lowest BCUT2D eigenvalue weighted by molar-refractivity contribution is -0.143. The Hall–Kier alpha value is -3.49. The second-order valence-electron chi connectivity index (χ2n) is 7.50. The number of nitrogens with zero attached hydrogens (tertiary/aromatic N) is 3. The fourth-order valence-electron chi connectivity index (χ4n) is 3.58. The van der Waals surface area contributed by atoms with Crippen molar-refractivity contribution in [3.8, 4) is 5.69 Å². The minimum absolute atomic E-state index is 0.0157. The van der Waals surface area contributed by atoms with Gasteiger partial charge in [-0.1, -0.05) is 0 Å². The molecule has 3 rings (SSSR count). The summed E-state index contributed by atoms with van der Waals surface area (Å²) in [7, 11) is 4.39. The Bertz CT molecular complexity index is 1080. The van der Waals surface area contributed by atoms with E-state index in [0.717, 1.165) is 0 Å². The van der Waals surface area contributed by atoms with Gasteiger partial charge in [-0.15, -0.1) is 0 Å². The summed E-state index contributed by atoms with van der Waals surface area (Å²) in [6.07, 6.45) is 1.94. The summed E-state index contributed by atoms with van der Waals surface area (Å²) in [5.41, 5.74) is 1.24. The predicted molar refractivity (Wildman–Crippen MR) is 110 cm³/mol. The maximum absolute atomic E-state index is 13.4. The number of pyridine rings is 1. The molecule has 2 aromatic rings. The van der Waals surface area contributed by atoms with Crippen molar-refractivity contribution in [2.75, 3.05) is 27.7 Å². The lowest BCUT2D eigenvalue weighted by atomic mass is 9.95. The van der Waals surface area contributed by atoms with Crippen molar-refractivity contribution in [3.63, 3.8) is 0 Å². The van der Waals surface area contributed by atoms with Gasteiger partial charge in [0.2, 0.25) is 5.91 Å². The molecule has 0 spiro atoms. The van der Waals surface area contributed by atoms with E-state index in [2.05, 4.69) is 4.74 Å². The summed E-state index contributed by atoms with van der Waals surface area (Å²) in [5.74, 6) is -1.55. The minimum atomic E-state index is -0.491. The Balaban J connectivity index is 2.02. The van der Waals surface area contributed by atoms with Crippen LogP contribution in [0.4, 0.5) is 4.39 Å². The third-order valence-electron chi connectivity index (χ3n) is 5.25. The molecule has 0 saturated heterocycles. The monoisotopic (exact) mass is 429 g/mol. The van der Waals surface area contributed by atoms with Gasteiger partial charge in [-0.2, -0.15) is 0 Å². The highest BCUT2D eigenvalue weighted by Crippen LogP contribution is 2.23. The van der Waals surface area contributed by atoms with E-state index in [1.54, 1.807) is 25.2 Å². The molecule has 0 atom stereocenters. The third kappa shape index (κ3) is 4.65. The summed E-state index contributed by atoms with van der Waals surface area (Å²) < 4.78 is 19.2. The standard InChI is InChI=1S/C22H24FN3O5/c1-24(2)21(29)20-17-10-11-25(18(27)8-9-19(28)31-3)12-14(17)13-26(22(20)30)16-6-4-15(23)5-7-16/h4-7,13H,8-12H2,1-3H3. The highest BCUT2D eigenvalue weighted by atomic mass is 19.1. The van der Waals surface area contributed by atoms with E-state index in [4.69, 9.17) is 0 Å². The molecule has 0 bridgehead atoms. The number of hydrogen-bond donors (Lipinski definition) is 0. The molecule has 0 aliphatic carbocycles. The van der Waals surface area contributed by atoms with Gasteiger partial charge in [-0.3, -0.25) is 23.7 Å². The summed E-state index contributed by atoms with van der Waals surface area (Å²) in [6, 6.07) is 5.37. The van der Waals surface area contributed by atoms with Gasteiger partial charge >= 0.3 is 5.97 Å². The van der Waals surface area contributed by atoms with Gasteiger partial charge in [0.25, 0.3) is 11.5 Å². The second kappa shape index (κ2) is 9.11. The lowest BCUT2D eigenvalue weighted by Crippen LogP contribution is -2.41. The smallest absolute Gasteiger partial charge is 0.306 e. The van der Waals surface area contributed by atoms with Crippen LogP contribution in [0.25, 0.3) is 5.69 Å². The first-order valence-electron chi connectivity index (χ1n) is 9.82. The van der Waals surface area contributed by atoms with Gasteiger partial charge in [0.05, 0.1) is 13.5 Å². The van der Waals surface area contributed by atoms with Crippen LogP contribution in [0.5, 0.6) is 0 Å². The minimum Gasteiger partial charge on any atom is -0.469 e. The average Bonchev–Trinajstić information content (AvgIpc) is 2.76. The molecule has 9 heteroatoms. The molecular weight excluding hydrogens is 405 g/mol. The van der Waals surface area contributed by atoms with Crippen molar-refractivity contribution in [2.24, 2.45) is 0 Å². The maximum atomic E-state index is 13.4. The van der Waals surface area contributed by atoms with Crippen LogP contribution < -0.4 is 5.56 Å². The number of halogens is 1.